The van der Waals surface area contributed by atoms with Crippen molar-refractivity contribution < 1.29 is 4.79 Å². The highest BCUT2D eigenvalue weighted by Crippen LogP contribution is 2.23. The summed E-state index contributed by atoms with van der Waals surface area (Å²) in [6.07, 6.45) is 6.06. The maximum Gasteiger partial charge on any atom is 0.239 e. The van der Waals surface area contributed by atoms with Crippen molar-refractivity contribution in [1.82, 2.24) is 5.32 Å². The van der Waals surface area contributed by atoms with Crippen molar-refractivity contribution in [3.63, 3.8) is 0 Å². The van der Waals surface area contributed by atoms with Crippen molar-refractivity contribution in [2.24, 2.45) is 0 Å². The first kappa shape index (κ1) is 13.4. The van der Waals surface area contributed by atoms with Crippen LogP contribution in [0.3, 0.4) is 0 Å². The molecule has 3 nitrogen and oxygen atoms in total. The van der Waals surface area contributed by atoms with Crippen LogP contribution in [0.4, 0.5) is 5.69 Å². The quantitative estimate of drug-likeness (QED) is 0.899. The molecule has 1 aromatic carbocycles. The van der Waals surface area contributed by atoms with Crippen molar-refractivity contribution >= 4 is 33.0 Å². The molecule has 20 heavy (non-hydrogen) atoms. The van der Waals surface area contributed by atoms with Gasteiger partial charge < -0.3 is 10.6 Å². The highest BCUT2D eigenvalue weighted by atomic mass is 32.1. The Morgan fingerprint density at radius 2 is 2.05 bits per heavy atom. The summed E-state index contributed by atoms with van der Waals surface area (Å²) in [6.45, 7) is 0.353. The van der Waals surface area contributed by atoms with E-state index in [0.29, 0.717) is 12.6 Å². The molecule has 1 amide bonds. The predicted octanol–water partition coefficient (Wildman–Crippen LogP) is 3.76. The van der Waals surface area contributed by atoms with Gasteiger partial charge in [0, 0.05) is 16.4 Å². The van der Waals surface area contributed by atoms with E-state index in [1.54, 1.807) is 11.3 Å². The fourth-order valence-electron chi connectivity index (χ4n) is 2.78. The summed E-state index contributed by atoms with van der Waals surface area (Å²) < 4.78 is 1.28. The number of fused-ring (bicyclic) bond motifs is 1. The van der Waals surface area contributed by atoms with E-state index < -0.39 is 0 Å². The molecule has 106 valence electrons. The number of carbonyl (C=O) groups excluding carboxylic acids is 1. The number of hydrogen-bond donors (Lipinski definition) is 2. The van der Waals surface area contributed by atoms with Gasteiger partial charge in [0.2, 0.25) is 5.91 Å². The molecule has 3 rings (SSSR count). The van der Waals surface area contributed by atoms with E-state index in [1.807, 2.05) is 6.07 Å². The molecule has 4 heteroatoms. The van der Waals surface area contributed by atoms with Gasteiger partial charge in [-0.05, 0) is 47.9 Å². The van der Waals surface area contributed by atoms with Gasteiger partial charge >= 0.3 is 0 Å². The summed E-state index contributed by atoms with van der Waals surface area (Å²) >= 11 is 1.74. The Morgan fingerprint density at radius 3 is 2.90 bits per heavy atom. The van der Waals surface area contributed by atoms with E-state index >= 15 is 0 Å². The molecule has 2 aromatic rings. The Kier molecular flexibility index (Phi) is 4.21. The summed E-state index contributed by atoms with van der Waals surface area (Å²) in [4.78, 5) is 11.9. The second-order valence-electron chi connectivity index (χ2n) is 5.43. The average molecular weight is 288 g/mol. The first-order valence-electron chi connectivity index (χ1n) is 7.32. The van der Waals surface area contributed by atoms with Crippen LogP contribution in [0.25, 0.3) is 10.1 Å². The van der Waals surface area contributed by atoms with Gasteiger partial charge in [-0.1, -0.05) is 19.3 Å². The summed E-state index contributed by atoms with van der Waals surface area (Å²) in [7, 11) is 0. The van der Waals surface area contributed by atoms with Crippen LogP contribution in [-0.2, 0) is 4.79 Å². The largest absolute Gasteiger partial charge is 0.376 e. The zero-order valence-electron chi connectivity index (χ0n) is 11.5. The molecule has 0 unspecified atom stereocenters. The molecule has 2 N–H and O–H groups in total. The van der Waals surface area contributed by atoms with Gasteiger partial charge in [0.15, 0.2) is 0 Å². The Hall–Kier alpha value is -1.55. The zero-order valence-corrected chi connectivity index (χ0v) is 12.3. The molecule has 0 aliphatic heterocycles. The molecule has 1 heterocycles. The topological polar surface area (TPSA) is 41.1 Å². The third kappa shape index (κ3) is 3.31. The molecule has 0 saturated heterocycles. The monoisotopic (exact) mass is 288 g/mol. The molecular weight excluding hydrogens is 268 g/mol. The van der Waals surface area contributed by atoms with Crippen molar-refractivity contribution in [3.8, 4) is 0 Å². The van der Waals surface area contributed by atoms with Crippen LogP contribution in [-0.4, -0.2) is 18.5 Å². The molecule has 1 aromatic heterocycles. The minimum atomic E-state index is 0.0994. The van der Waals surface area contributed by atoms with Gasteiger partial charge in [0.1, 0.15) is 0 Å². The minimum Gasteiger partial charge on any atom is -0.376 e. The van der Waals surface area contributed by atoms with Crippen LogP contribution in [0.15, 0.2) is 29.6 Å². The lowest BCUT2D eigenvalue weighted by Gasteiger charge is -2.22. The SMILES string of the molecule is O=C(CNc1ccc2sccc2c1)NC1CCCCC1. The molecule has 0 radical (unpaired) electrons. The second-order valence-corrected chi connectivity index (χ2v) is 6.38. The lowest BCUT2D eigenvalue weighted by Crippen LogP contribution is -2.39. The highest BCUT2D eigenvalue weighted by Gasteiger charge is 2.15. The first-order chi connectivity index (χ1) is 9.81. The van der Waals surface area contributed by atoms with Gasteiger partial charge in [-0.25, -0.2) is 0 Å². The van der Waals surface area contributed by atoms with E-state index in [1.165, 1.54) is 29.3 Å². The molecule has 1 aliphatic rings. The molecule has 0 bridgehead atoms. The number of nitrogens with one attached hydrogen (secondary N) is 2. The maximum absolute atomic E-state index is 11.9. The van der Waals surface area contributed by atoms with Crippen LogP contribution in [0.1, 0.15) is 32.1 Å². The number of thiophene rings is 1. The third-order valence-corrected chi connectivity index (χ3v) is 4.77. The highest BCUT2D eigenvalue weighted by molar-refractivity contribution is 7.17. The first-order valence-corrected chi connectivity index (χ1v) is 8.20. The maximum atomic E-state index is 11.9. The van der Waals surface area contributed by atoms with E-state index in [0.717, 1.165) is 18.5 Å². The summed E-state index contributed by atoms with van der Waals surface area (Å²) in [5.41, 5.74) is 1.01. The summed E-state index contributed by atoms with van der Waals surface area (Å²) in [5, 5.41) is 9.65. The fourth-order valence-corrected chi connectivity index (χ4v) is 3.56. The standard InChI is InChI=1S/C16H20N2OS/c19-16(18-13-4-2-1-3-5-13)11-17-14-6-7-15-12(10-14)8-9-20-15/h6-10,13,17H,1-5,11H2,(H,18,19). The number of rotatable bonds is 4. The molecule has 1 saturated carbocycles. The molecule has 1 aliphatic carbocycles. The second kappa shape index (κ2) is 6.27. The van der Waals surface area contributed by atoms with Crippen molar-refractivity contribution in [2.75, 3.05) is 11.9 Å². The Balaban J connectivity index is 1.51. The van der Waals surface area contributed by atoms with Crippen LogP contribution in [0.2, 0.25) is 0 Å². The molecule has 1 fully saturated rings. The zero-order chi connectivity index (χ0) is 13.8. The van der Waals surface area contributed by atoms with Crippen LogP contribution in [0, 0.1) is 0 Å². The Bertz CT molecular complexity index is 587. The Morgan fingerprint density at radius 1 is 1.20 bits per heavy atom. The lowest BCUT2D eigenvalue weighted by molar-refractivity contribution is -0.120. The minimum absolute atomic E-state index is 0.0994. The van der Waals surface area contributed by atoms with Gasteiger partial charge in [0.25, 0.3) is 0 Å². The van der Waals surface area contributed by atoms with E-state index in [9.17, 15) is 4.79 Å². The predicted molar refractivity (Wildman–Crippen MR) is 85.3 cm³/mol. The van der Waals surface area contributed by atoms with Crippen molar-refractivity contribution in [2.45, 2.75) is 38.1 Å². The number of benzene rings is 1. The normalized spacial score (nSPS) is 16.2. The molecule has 0 spiro atoms. The average Bonchev–Trinajstić information content (AvgIpc) is 2.93. The fraction of sp³-hybridized carbons (Fsp3) is 0.438. The summed E-state index contributed by atoms with van der Waals surface area (Å²) in [6, 6.07) is 8.72. The number of carbonyl (C=O) groups is 1. The van der Waals surface area contributed by atoms with Gasteiger partial charge in [-0.3, -0.25) is 4.79 Å². The van der Waals surface area contributed by atoms with E-state index in [4.69, 9.17) is 0 Å². The molecule has 0 atom stereocenters. The van der Waals surface area contributed by atoms with Gasteiger partial charge in [-0.2, -0.15) is 0 Å². The Labute approximate surface area is 123 Å². The smallest absolute Gasteiger partial charge is 0.239 e. The van der Waals surface area contributed by atoms with Crippen LogP contribution >= 0.6 is 11.3 Å². The number of hydrogen-bond acceptors (Lipinski definition) is 3. The molecular formula is C16H20N2OS. The summed E-state index contributed by atoms with van der Waals surface area (Å²) in [5.74, 6) is 0.0994. The number of amides is 1. The van der Waals surface area contributed by atoms with Crippen LogP contribution in [0.5, 0.6) is 0 Å². The third-order valence-electron chi connectivity index (χ3n) is 3.88. The van der Waals surface area contributed by atoms with E-state index in [2.05, 4.69) is 34.2 Å². The lowest BCUT2D eigenvalue weighted by atomic mass is 9.95. The van der Waals surface area contributed by atoms with E-state index in [-0.39, 0.29) is 5.91 Å². The van der Waals surface area contributed by atoms with Crippen LogP contribution < -0.4 is 10.6 Å². The van der Waals surface area contributed by atoms with Crippen molar-refractivity contribution in [3.05, 3.63) is 29.6 Å². The van der Waals surface area contributed by atoms with Gasteiger partial charge in [0.05, 0.1) is 6.54 Å². The van der Waals surface area contributed by atoms with Gasteiger partial charge in [-0.15, -0.1) is 11.3 Å². The number of anilines is 1. The van der Waals surface area contributed by atoms with Crippen molar-refractivity contribution in [1.29, 1.82) is 0 Å².